The van der Waals surface area contributed by atoms with E-state index in [0.29, 0.717) is 11.6 Å². The zero-order valence-corrected chi connectivity index (χ0v) is 10.7. The van der Waals surface area contributed by atoms with Crippen LogP contribution in [0.4, 0.5) is 0 Å². The van der Waals surface area contributed by atoms with E-state index in [1.54, 1.807) is 16.9 Å². The van der Waals surface area contributed by atoms with E-state index in [1.165, 1.54) is 0 Å². The molecule has 94 valence electrons. The Kier molecular flexibility index (Phi) is 3.94. The van der Waals surface area contributed by atoms with Gasteiger partial charge in [-0.1, -0.05) is 35.0 Å². The number of nitrogens with one attached hydrogen (secondary N) is 1. The topological polar surface area (TPSA) is 59.8 Å². The summed E-state index contributed by atoms with van der Waals surface area (Å²) in [4.78, 5) is 11.7. The number of carbonyl (C=O) groups excluding carboxylic acids is 1. The summed E-state index contributed by atoms with van der Waals surface area (Å²) < 4.78 is 1.54. The summed E-state index contributed by atoms with van der Waals surface area (Å²) in [5.74, 6) is -0.122. The SMILES string of the molecule is Cc1cnnn1CC(=O)NCc1ccccc1Cl. The van der Waals surface area contributed by atoms with Crippen molar-refractivity contribution >= 4 is 17.5 Å². The second-order valence-corrected chi connectivity index (χ2v) is 4.31. The van der Waals surface area contributed by atoms with E-state index in [-0.39, 0.29) is 12.5 Å². The molecular formula is C12H13ClN4O. The van der Waals surface area contributed by atoms with Crippen LogP contribution in [0.2, 0.25) is 5.02 Å². The van der Waals surface area contributed by atoms with Gasteiger partial charge < -0.3 is 5.32 Å². The minimum absolute atomic E-state index is 0.122. The molecule has 1 heterocycles. The normalized spacial score (nSPS) is 10.3. The van der Waals surface area contributed by atoms with Crippen LogP contribution in [-0.4, -0.2) is 20.9 Å². The molecule has 0 aliphatic rings. The number of amides is 1. The maximum absolute atomic E-state index is 11.7. The third-order valence-corrected chi connectivity index (χ3v) is 2.91. The molecule has 6 heteroatoms. The first-order chi connectivity index (χ1) is 8.66. The Bertz CT molecular complexity index is 553. The first-order valence-electron chi connectivity index (χ1n) is 5.52. The molecule has 0 fully saturated rings. The van der Waals surface area contributed by atoms with Gasteiger partial charge in [0.15, 0.2) is 0 Å². The maximum Gasteiger partial charge on any atom is 0.242 e. The molecular weight excluding hydrogens is 252 g/mol. The molecule has 1 amide bonds. The molecule has 1 aromatic carbocycles. The van der Waals surface area contributed by atoms with Gasteiger partial charge >= 0.3 is 0 Å². The Hall–Kier alpha value is -1.88. The van der Waals surface area contributed by atoms with Crippen LogP contribution in [0, 0.1) is 6.92 Å². The Morgan fingerprint density at radius 2 is 2.22 bits per heavy atom. The summed E-state index contributed by atoms with van der Waals surface area (Å²) in [5.41, 5.74) is 1.74. The molecule has 2 rings (SSSR count). The quantitative estimate of drug-likeness (QED) is 0.912. The second kappa shape index (κ2) is 5.64. The molecule has 1 N–H and O–H groups in total. The lowest BCUT2D eigenvalue weighted by molar-refractivity contribution is -0.122. The van der Waals surface area contributed by atoms with E-state index in [1.807, 2.05) is 25.1 Å². The maximum atomic E-state index is 11.7. The molecule has 0 saturated heterocycles. The van der Waals surface area contributed by atoms with Gasteiger partial charge in [0.25, 0.3) is 0 Å². The van der Waals surface area contributed by atoms with Gasteiger partial charge in [-0.25, -0.2) is 4.68 Å². The van der Waals surface area contributed by atoms with Gasteiger partial charge in [0.1, 0.15) is 6.54 Å². The van der Waals surface area contributed by atoms with Gasteiger partial charge in [-0.05, 0) is 18.6 Å². The summed E-state index contributed by atoms with van der Waals surface area (Å²) in [6.45, 7) is 2.42. The van der Waals surface area contributed by atoms with Gasteiger partial charge in [0.05, 0.1) is 11.9 Å². The van der Waals surface area contributed by atoms with Crippen LogP contribution in [0.25, 0.3) is 0 Å². The Balaban J connectivity index is 1.90. The fraction of sp³-hybridized carbons (Fsp3) is 0.250. The van der Waals surface area contributed by atoms with Crippen molar-refractivity contribution in [2.24, 2.45) is 0 Å². The smallest absolute Gasteiger partial charge is 0.242 e. The molecule has 0 atom stereocenters. The molecule has 0 spiro atoms. The molecule has 0 radical (unpaired) electrons. The number of hydrogen-bond donors (Lipinski definition) is 1. The lowest BCUT2D eigenvalue weighted by Crippen LogP contribution is -2.28. The number of halogens is 1. The first kappa shape index (κ1) is 12.6. The summed E-state index contributed by atoms with van der Waals surface area (Å²) in [5, 5.41) is 11.0. The minimum Gasteiger partial charge on any atom is -0.350 e. The zero-order chi connectivity index (χ0) is 13.0. The molecule has 1 aromatic heterocycles. The highest BCUT2D eigenvalue weighted by molar-refractivity contribution is 6.31. The van der Waals surface area contributed by atoms with Crippen LogP contribution in [0.3, 0.4) is 0 Å². The van der Waals surface area contributed by atoms with Crippen molar-refractivity contribution in [1.29, 1.82) is 0 Å². The Morgan fingerprint density at radius 1 is 1.44 bits per heavy atom. The van der Waals surface area contributed by atoms with Crippen molar-refractivity contribution in [3.63, 3.8) is 0 Å². The number of aryl methyl sites for hydroxylation is 1. The lowest BCUT2D eigenvalue weighted by Gasteiger charge is -2.07. The number of carbonyl (C=O) groups is 1. The van der Waals surface area contributed by atoms with Crippen molar-refractivity contribution in [2.45, 2.75) is 20.0 Å². The molecule has 2 aromatic rings. The van der Waals surface area contributed by atoms with Gasteiger partial charge in [-0.2, -0.15) is 0 Å². The summed E-state index contributed by atoms with van der Waals surface area (Å²) in [6.07, 6.45) is 1.61. The molecule has 5 nitrogen and oxygen atoms in total. The van der Waals surface area contributed by atoms with Crippen molar-refractivity contribution in [2.75, 3.05) is 0 Å². The van der Waals surface area contributed by atoms with Crippen molar-refractivity contribution in [1.82, 2.24) is 20.3 Å². The lowest BCUT2D eigenvalue weighted by atomic mass is 10.2. The molecule has 0 unspecified atom stereocenters. The number of aromatic nitrogens is 3. The Morgan fingerprint density at radius 3 is 2.89 bits per heavy atom. The molecule has 0 aliphatic carbocycles. The van der Waals surface area contributed by atoms with Crippen molar-refractivity contribution in [3.05, 3.63) is 46.7 Å². The fourth-order valence-corrected chi connectivity index (χ4v) is 1.70. The summed E-state index contributed by atoms with van der Waals surface area (Å²) in [6, 6.07) is 7.41. The standard InChI is InChI=1S/C12H13ClN4O/c1-9-6-15-16-17(9)8-12(18)14-7-10-4-2-3-5-11(10)13/h2-6H,7-8H2,1H3,(H,14,18). The van der Waals surface area contributed by atoms with E-state index in [4.69, 9.17) is 11.6 Å². The van der Waals surface area contributed by atoms with Crippen molar-refractivity contribution in [3.8, 4) is 0 Å². The monoisotopic (exact) mass is 264 g/mol. The Labute approximate surface area is 110 Å². The van der Waals surface area contributed by atoms with Crippen molar-refractivity contribution < 1.29 is 4.79 Å². The molecule has 0 bridgehead atoms. The van der Waals surface area contributed by atoms with Crippen LogP contribution in [-0.2, 0) is 17.9 Å². The second-order valence-electron chi connectivity index (χ2n) is 3.90. The van der Waals surface area contributed by atoms with Crippen LogP contribution < -0.4 is 5.32 Å². The van der Waals surface area contributed by atoms with E-state index in [2.05, 4.69) is 15.6 Å². The predicted molar refractivity (Wildman–Crippen MR) is 68.1 cm³/mol. The fourth-order valence-electron chi connectivity index (χ4n) is 1.49. The minimum atomic E-state index is -0.122. The van der Waals surface area contributed by atoms with E-state index in [9.17, 15) is 4.79 Å². The van der Waals surface area contributed by atoms with Crippen LogP contribution >= 0.6 is 11.6 Å². The van der Waals surface area contributed by atoms with Gasteiger partial charge in [-0.15, -0.1) is 5.10 Å². The number of benzene rings is 1. The number of hydrogen-bond acceptors (Lipinski definition) is 3. The highest BCUT2D eigenvalue weighted by Crippen LogP contribution is 2.14. The molecule has 0 aliphatic heterocycles. The number of nitrogens with zero attached hydrogens (tertiary/aromatic N) is 3. The van der Waals surface area contributed by atoms with Crippen LogP contribution in [0.5, 0.6) is 0 Å². The van der Waals surface area contributed by atoms with Gasteiger partial charge in [0.2, 0.25) is 5.91 Å². The molecule has 18 heavy (non-hydrogen) atoms. The third kappa shape index (κ3) is 3.07. The van der Waals surface area contributed by atoms with Crippen LogP contribution in [0.1, 0.15) is 11.3 Å². The van der Waals surface area contributed by atoms with Crippen LogP contribution in [0.15, 0.2) is 30.5 Å². The summed E-state index contributed by atoms with van der Waals surface area (Å²) in [7, 11) is 0. The predicted octanol–water partition coefficient (Wildman–Crippen LogP) is 1.56. The van der Waals surface area contributed by atoms with Gasteiger partial charge in [0, 0.05) is 11.6 Å². The number of rotatable bonds is 4. The first-order valence-corrected chi connectivity index (χ1v) is 5.90. The van der Waals surface area contributed by atoms with E-state index >= 15 is 0 Å². The summed E-state index contributed by atoms with van der Waals surface area (Å²) >= 11 is 6.00. The highest BCUT2D eigenvalue weighted by atomic mass is 35.5. The zero-order valence-electron chi connectivity index (χ0n) is 9.93. The third-order valence-electron chi connectivity index (χ3n) is 2.54. The average Bonchev–Trinajstić information content (AvgIpc) is 2.74. The van der Waals surface area contributed by atoms with E-state index in [0.717, 1.165) is 11.3 Å². The average molecular weight is 265 g/mol. The molecule has 0 saturated carbocycles. The highest BCUT2D eigenvalue weighted by Gasteiger charge is 2.06. The van der Waals surface area contributed by atoms with E-state index < -0.39 is 0 Å². The van der Waals surface area contributed by atoms with Gasteiger partial charge in [-0.3, -0.25) is 4.79 Å². The largest absolute Gasteiger partial charge is 0.350 e.